The monoisotopic (exact) mass is 330 g/mol. The van der Waals surface area contributed by atoms with E-state index in [9.17, 15) is 0 Å². The minimum absolute atomic E-state index is 0.564. The number of H-pyrrole nitrogens is 1. The van der Waals surface area contributed by atoms with Crippen molar-refractivity contribution >= 4 is 10.8 Å². The molecule has 0 bridgehead atoms. The Labute approximate surface area is 145 Å². The zero-order chi connectivity index (χ0) is 17.1. The van der Waals surface area contributed by atoms with Gasteiger partial charge in [0.05, 0.1) is 5.69 Å². The highest BCUT2D eigenvalue weighted by Gasteiger charge is 2.04. The maximum atomic E-state index is 5.89. The third-order valence-corrected chi connectivity index (χ3v) is 4.03. The molecule has 0 amide bonds. The van der Waals surface area contributed by atoms with Crippen LogP contribution in [0.5, 0.6) is 11.6 Å². The molecule has 2 aromatic carbocycles. The summed E-state index contributed by atoms with van der Waals surface area (Å²) in [5.41, 5.74) is 3.17. The first-order valence-corrected chi connectivity index (χ1v) is 8.13. The van der Waals surface area contributed by atoms with Crippen LogP contribution < -0.4 is 10.1 Å². The van der Waals surface area contributed by atoms with E-state index in [1.54, 1.807) is 12.4 Å². The van der Waals surface area contributed by atoms with Gasteiger partial charge in [-0.2, -0.15) is 5.10 Å². The second-order valence-corrected chi connectivity index (χ2v) is 5.83. The molecular weight excluding hydrogens is 312 g/mol. The van der Waals surface area contributed by atoms with Gasteiger partial charge >= 0.3 is 0 Å². The molecular formula is C20H18N4O. The summed E-state index contributed by atoms with van der Waals surface area (Å²) in [6.07, 6.45) is 3.49. The van der Waals surface area contributed by atoms with Crippen LogP contribution >= 0.6 is 0 Å². The van der Waals surface area contributed by atoms with Gasteiger partial charge in [0, 0.05) is 30.6 Å². The fourth-order valence-corrected chi connectivity index (χ4v) is 2.79. The van der Waals surface area contributed by atoms with Crippen LogP contribution in [0.2, 0.25) is 0 Å². The molecule has 0 saturated heterocycles. The number of aromatic nitrogens is 3. The number of nitrogens with one attached hydrogen (secondary N) is 2. The lowest BCUT2D eigenvalue weighted by atomic mass is 10.1. The summed E-state index contributed by atoms with van der Waals surface area (Å²) in [6, 6.07) is 18.2. The smallest absolute Gasteiger partial charge is 0.219 e. The van der Waals surface area contributed by atoms with Gasteiger partial charge in [-0.05, 0) is 53.7 Å². The molecule has 0 unspecified atom stereocenters. The van der Waals surface area contributed by atoms with E-state index in [1.165, 1.54) is 10.9 Å². The van der Waals surface area contributed by atoms with Gasteiger partial charge < -0.3 is 10.1 Å². The summed E-state index contributed by atoms with van der Waals surface area (Å²) >= 11 is 0. The highest BCUT2D eigenvalue weighted by molar-refractivity contribution is 5.84. The van der Waals surface area contributed by atoms with Gasteiger partial charge in [-0.15, -0.1) is 0 Å². The minimum atomic E-state index is 0.564. The summed E-state index contributed by atoms with van der Waals surface area (Å²) in [5.74, 6) is 1.34. The molecule has 0 saturated carbocycles. The van der Waals surface area contributed by atoms with Crippen molar-refractivity contribution in [2.45, 2.75) is 6.54 Å². The molecule has 4 rings (SSSR count). The van der Waals surface area contributed by atoms with E-state index in [0.29, 0.717) is 5.88 Å². The number of ether oxygens (including phenoxy) is 1. The number of hydrogen-bond donors (Lipinski definition) is 2. The first-order valence-electron chi connectivity index (χ1n) is 8.13. The predicted molar refractivity (Wildman–Crippen MR) is 98.6 cm³/mol. The molecule has 5 heteroatoms. The van der Waals surface area contributed by atoms with E-state index >= 15 is 0 Å². The quantitative estimate of drug-likeness (QED) is 0.577. The average Bonchev–Trinajstić information content (AvgIpc) is 3.17. The first-order chi connectivity index (χ1) is 12.3. The molecule has 0 spiro atoms. The van der Waals surface area contributed by atoms with Crippen LogP contribution in [0.3, 0.4) is 0 Å². The molecule has 2 aromatic heterocycles. The zero-order valence-electron chi connectivity index (χ0n) is 13.9. The normalized spacial score (nSPS) is 10.9. The number of benzene rings is 2. The van der Waals surface area contributed by atoms with Crippen LogP contribution in [0, 0.1) is 0 Å². The largest absolute Gasteiger partial charge is 0.439 e. The minimum Gasteiger partial charge on any atom is -0.439 e. The topological polar surface area (TPSA) is 62.8 Å². The lowest BCUT2D eigenvalue weighted by Crippen LogP contribution is -2.04. The fraction of sp³-hybridized carbons (Fsp3) is 0.100. The van der Waals surface area contributed by atoms with E-state index in [-0.39, 0.29) is 0 Å². The standard InChI is InChI=1S/C20H18N4O/c1-21-12-14-2-3-16-11-18(6-4-15(16)10-14)25-20-7-5-17(13-22-20)19-8-9-23-24-19/h2-11,13,21H,12H2,1H3,(H,23,24). The number of hydrogen-bond acceptors (Lipinski definition) is 4. The van der Waals surface area contributed by atoms with Crippen LogP contribution in [0.15, 0.2) is 67.0 Å². The van der Waals surface area contributed by atoms with Gasteiger partial charge in [-0.3, -0.25) is 5.10 Å². The number of fused-ring (bicyclic) bond motifs is 1. The van der Waals surface area contributed by atoms with Crippen LogP contribution in [-0.4, -0.2) is 22.2 Å². The van der Waals surface area contributed by atoms with Crippen molar-refractivity contribution in [3.63, 3.8) is 0 Å². The lowest BCUT2D eigenvalue weighted by molar-refractivity contribution is 0.464. The zero-order valence-corrected chi connectivity index (χ0v) is 13.9. The molecule has 0 atom stereocenters. The molecule has 0 radical (unpaired) electrons. The van der Waals surface area contributed by atoms with Crippen LogP contribution in [0.4, 0.5) is 0 Å². The van der Waals surface area contributed by atoms with Crippen molar-refractivity contribution in [3.8, 4) is 22.9 Å². The lowest BCUT2D eigenvalue weighted by Gasteiger charge is -2.08. The third-order valence-electron chi connectivity index (χ3n) is 4.03. The van der Waals surface area contributed by atoms with Crippen LogP contribution in [-0.2, 0) is 6.54 Å². The molecule has 2 N–H and O–H groups in total. The van der Waals surface area contributed by atoms with Gasteiger partial charge in [0.1, 0.15) is 5.75 Å². The summed E-state index contributed by atoms with van der Waals surface area (Å²) in [5, 5.41) is 12.4. The Morgan fingerprint density at radius 3 is 2.64 bits per heavy atom. The van der Waals surface area contributed by atoms with Gasteiger partial charge in [-0.25, -0.2) is 4.98 Å². The third kappa shape index (κ3) is 3.36. The molecule has 4 aromatic rings. The van der Waals surface area contributed by atoms with Crippen molar-refractivity contribution < 1.29 is 4.74 Å². The van der Waals surface area contributed by atoms with Crippen LogP contribution in [0.1, 0.15) is 5.56 Å². The van der Waals surface area contributed by atoms with E-state index in [4.69, 9.17) is 4.74 Å². The van der Waals surface area contributed by atoms with Crippen molar-refractivity contribution in [2.24, 2.45) is 0 Å². The number of pyridine rings is 1. The molecule has 0 aliphatic rings. The molecule has 0 fully saturated rings. The van der Waals surface area contributed by atoms with Crippen LogP contribution in [0.25, 0.3) is 22.0 Å². The highest BCUT2D eigenvalue weighted by atomic mass is 16.5. The summed E-state index contributed by atoms with van der Waals surface area (Å²) in [7, 11) is 1.95. The van der Waals surface area contributed by atoms with E-state index in [2.05, 4.69) is 44.8 Å². The van der Waals surface area contributed by atoms with Crippen molar-refractivity contribution in [1.29, 1.82) is 0 Å². The highest BCUT2D eigenvalue weighted by Crippen LogP contribution is 2.26. The number of nitrogens with zero attached hydrogens (tertiary/aromatic N) is 2. The fourth-order valence-electron chi connectivity index (χ4n) is 2.79. The Morgan fingerprint density at radius 2 is 1.88 bits per heavy atom. The molecule has 5 nitrogen and oxygen atoms in total. The van der Waals surface area contributed by atoms with E-state index in [1.807, 2.05) is 37.4 Å². The van der Waals surface area contributed by atoms with Gasteiger partial charge in [-0.1, -0.05) is 18.2 Å². The maximum absolute atomic E-state index is 5.89. The maximum Gasteiger partial charge on any atom is 0.219 e. The predicted octanol–water partition coefficient (Wildman–Crippen LogP) is 4.14. The molecule has 25 heavy (non-hydrogen) atoms. The summed E-state index contributed by atoms with van der Waals surface area (Å²) in [6.45, 7) is 0.862. The Morgan fingerprint density at radius 1 is 1.00 bits per heavy atom. The van der Waals surface area contributed by atoms with Crippen molar-refractivity contribution in [2.75, 3.05) is 7.05 Å². The number of aromatic amines is 1. The van der Waals surface area contributed by atoms with Gasteiger partial charge in [0.15, 0.2) is 0 Å². The van der Waals surface area contributed by atoms with Crippen molar-refractivity contribution in [3.05, 3.63) is 72.6 Å². The molecule has 0 aliphatic carbocycles. The molecule has 0 aliphatic heterocycles. The molecule has 124 valence electrons. The second kappa shape index (κ2) is 6.75. The Kier molecular flexibility index (Phi) is 4.14. The van der Waals surface area contributed by atoms with Gasteiger partial charge in [0.25, 0.3) is 0 Å². The Balaban J connectivity index is 1.55. The summed E-state index contributed by atoms with van der Waals surface area (Å²) in [4.78, 5) is 4.37. The van der Waals surface area contributed by atoms with E-state index < -0.39 is 0 Å². The van der Waals surface area contributed by atoms with Crippen molar-refractivity contribution in [1.82, 2.24) is 20.5 Å². The SMILES string of the molecule is CNCc1ccc2cc(Oc3ccc(-c4ccn[nH]4)cn3)ccc2c1. The average molecular weight is 330 g/mol. The summed E-state index contributed by atoms with van der Waals surface area (Å²) < 4.78 is 5.89. The second-order valence-electron chi connectivity index (χ2n) is 5.83. The van der Waals surface area contributed by atoms with E-state index in [0.717, 1.165) is 28.9 Å². The Bertz CT molecular complexity index is 978. The number of rotatable bonds is 5. The Hall–Kier alpha value is -3.18. The first kappa shape index (κ1) is 15.4. The molecule has 2 heterocycles. The van der Waals surface area contributed by atoms with Gasteiger partial charge in [0.2, 0.25) is 5.88 Å².